The summed E-state index contributed by atoms with van der Waals surface area (Å²) < 4.78 is 48.2. The van der Waals surface area contributed by atoms with Gasteiger partial charge in [-0.15, -0.1) is 0 Å². The molecule has 7 N–H and O–H groups in total. The molecule has 0 saturated heterocycles. The Bertz CT molecular complexity index is 3960. The second kappa shape index (κ2) is 43.0. The Morgan fingerprint density at radius 3 is 1.41 bits per heavy atom. The summed E-state index contributed by atoms with van der Waals surface area (Å²) in [6.45, 7) is 3.51. The number of methoxy groups -OCH3 is 2. The van der Waals surface area contributed by atoms with Crippen LogP contribution >= 0.6 is 15.9 Å². The van der Waals surface area contributed by atoms with Gasteiger partial charge < -0.3 is 40.8 Å². The number of para-hydroxylation sites is 2. The number of nitro benzene ring substituents is 2. The van der Waals surface area contributed by atoms with Gasteiger partial charge in [-0.05, 0) is 128 Å². The maximum Gasteiger partial charge on any atom is 0.490 e. The van der Waals surface area contributed by atoms with Crippen LogP contribution in [0.2, 0.25) is 0 Å². The molecule has 502 valence electrons. The fourth-order valence-corrected chi connectivity index (χ4v) is 8.75. The molecule has 12 rings (SSSR count). The van der Waals surface area contributed by atoms with Crippen molar-refractivity contribution in [2.75, 3.05) is 19.5 Å². The first-order valence-electron chi connectivity index (χ1n) is 27.2. The quantitative estimate of drug-likeness (QED) is 0.0321. The number of fused-ring (bicyclic) bond motifs is 6. The minimum Gasteiger partial charge on any atom is -0.497 e. The number of halogens is 4. The monoisotopic (exact) mass is 1460 g/mol. The van der Waals surface area contributed by atoms with Crippen LogP contribution in [0.4, 0.5) is 30.4 Å². The molecule has 2 aliphatic rings. The van der Waals surface area contributed by atoms with E-state index in [1.165, 1.54) is 76.0 Å². The summed E-state index contributed by atoms with van der Waals surface area (Å²) in [7, 11) is 1.75. The number of hydrogen-bond acceptors (Lipinski definition) is 16. The number of nitro groups is 2. The zero-order valence-electron chi connectivity index (χ0n) is 49.7. The van der Waals surface area contributed by atoms with E-state index in [0.717, 1.165) is 85.3 Å². The summed E-state index contributed by atoms with van der Waals surface area (Å²) in [5, 5.41) is 56.2. The Morgan fingerprint density at radius 2 is 0.979 bits per heavy atom. The Morgan fingerprint density at radius 1 is 0.558 bits per heavy atom. The first-order chi connectivity index (χ1) is 43.6. The van der Waals surface area contributed by atoms with Crippen molar-refractivity contribution < 1.29 is 82.8 Å². The van der Waals surface area contributed by atoms with Gasteiger partial charge >= 0.3 is 7.12 Å². The standard InChI is InChI=1S/C20H18N2O.C12H8FN.C11H7FN2O2.C8H11NO.C6H4BrNO2.C5H5BFNO2.2C2H4O2.3CH4.Pd/c1-23-16-8-6-14(7-9-16)13-21-20-11-10-18-17-5-3-2-4-15(17)12-19(18)22-20;13-12-6-5-10-9-4-2-1-3-8(9)7-11(10)14-12;12-11-6-5-8(7-13-11)9-3-1-2-4-10(9)14(15)16;1-10-8-4-2-7(6-9)3-5-8;7-5-3-1-2-4-6(5)8(9)10;7-5-2-1-4(3-8-5)6(9)10;2*1-2(3)4;;;;/h2-11H,12-13H2,1H3,(H,21,22);1-6H,7H2;1-7H;2-5H,6,9H2,1H3;1-4H;1-3,9-10H;2*1H3,(H,3,4);3*1H4;. The molecule has 0 unspecified atom stereocenters. The largest absolute Gasteiger partial charge is 0.497 e. The van der Waals surface area contributed by atoms with Crippen molar-refractivity contribution in [3.8, 4) is 44.9 Å². The van der Waals surface area contributed by atoms with E-state index in [4.69, 9.17) is 50.0 Å². The zero-order chi connectivity index (χ0) is 66.4. The molecular formula is C69H73BBrF3N8O12Pd. The molecule has 95 heavy (non-hydrogen) atoms. The second-order valence-electron chi connectivity index (χ2n) is 18.9. The number of carbonyl (C=O) groups is 2. The van der Waals surface area contributed by atoms with Crippen molar-refractivity contribution in [2.45, 2.75) is 62.1 Å². The van der Waals surface area contributed by atoms with E-state index in [2.05, 4.69) is 96.9 Å². The molecule has 4 heterocycles. The summed E-state index contributed by atoms with van der Waals surface area (Å²) in [5.41, 5.74) is 18.4. The van der Waals surface area contributed by atoms with Crippen LogP contribution in [-0.4, -0.2) is 83.3 Å². The molecule has 20 nitrogen and oxygen atoms in total. The molecule has 0 aliphatic heterocycles. The van der Waals surface area contributed by atoms with E-state index in [1.54, 1.807) is 50.6 Å². The SMILES string of the molecule is C.C.C.CC(=O)O.CC(=O)O.COc1ccc(CN)cc1.COc1ccc(CNc2ccc3c(n2)Cc2ccccc2-3)cc1.Fc1ccc2c(n1)Cc1ccccc1-2.O=[N+]([O-])c1ccccc1-c1ccc(F)nc1.O=[N+]([O-])c1ccccc1Br.OB(O)c1ccc(F)nc1.[Pd]. The molecule has 0 fully saturated rings. The van der Waals surface area contributed by atoms with Gasteiger partial charge in [0.1, 0.15) is 17.3 Å². The minimum atomic E-state index is -1.58. The number of carboxylic acids is 2. The summed E-state index contributed by atoms with van der Waals surface area (Å²) in [5.74, 6) is -0.630. The van der Waals surface area contributed by atoms with Crippen molar-refractivity contribution in [3.63, 3.8) is 0 Å². The van der Waals surface area contributed by atoms with Gasteiger partial charge in [0.25, 0.3) is 23.3 Å². The number of aliphatic carboxylic acids is 2. The van der Waals surface area contributed by atoms with Crippen molar-refractivity contribution >= 4 is 57.6 Å². The van der Waals surface area contributed by atoms with Gasteiger partial charge in [-0.3, -0.25) is 29.8 Å². The fourth-order valence-electron chi connectivity index (χ4n) is 8.32. The van der Waals surface area contributed by atoms with Crippen molar-refractivity contribution in [1.29, 1.82) is 0 Å². The number of nitrogens with one attached hydrogen (secondary N) is 1. The number of anilines is 1. The van der Waals surface area contributed by atoms with Gasteiger partial charge in [0.15, 0.2) is 0 Å². The number of pyridine rings is 4. The Labute approximate surface area is 572 Å². The number of hydrogen-bond donors (Lipinski definition) is 6. The Hall–Kier alpha value is -10.1. The number of nitrogens with zero attached hydrogens (tertiary/aromatic N) is 6. The van der Waals surface area contributed by atoms with Crippen LogP contribution in [0.5, 0.6) is 11.5 Å². The number of nitrogens with two attached hydrogens (primary N) is 1. The normalized spacial score (nSPS) is 9.84. The van der Waals surface area contributed by atoms with Crippen molar-refractivity contribution in [2.24, 2.45) is 5.73 Å². The maximum atomic E-state index is 12.9. The van der Waals surface area contributed by atoms with Crippen LogP contribution in [-0.2, 0) is 55.9 Å². The van der Waals surface area contributed by atoms with Crippen LogP contribution < -0.4 is 26.0 Å². The molecule has 0 saturated carbocycles. The van der Waals surface area contributed by atoms with Gasteiger partial charge in [0, 0.05) is 107 Å². The Balaban J connectivity index is 0.000000567. The maximum absolute atomic E-state index is 12.9. The summed E-state index contributed by atoms with van der Waals surface area (Å²) in [6, 6.07) is 57.6. The summed E-state index contributed by atoms with van der Waals surface area (Å²) >= 11 is 3.06. The molecule has 4 aromatic heterocycles. The van der Waals surface area contributed by atoms with Gasteiger partial charge in [-0.2, -0.15) is 13.2 Å². The molecule has 0 amide bonds. The molecule has 0 bridgehead atoms. The van der Waals surface area contributed by atoms with Gasteiger partial charge in [0.05, 0.1) is 45.5 Å². The number of benzene rings is 6. The van der Waals surface area contributed by atoms with Crippen LogP contribution in [0.15, 0.2) is 211 Å². The number of aromatic nitrogens is 4. The fraction of sp³-hybridized carbons (Fsp3) is 0.159. The average molecular weight is 1460 g/mol. The van der Waals surface area contributed by atoms with Crippen LogP contribution in [0.25, 0.3) is 33.4 Å². The van der Waals surface area contributed by atoms with Gasteiger partial charge in [0.2, 0.25) is 17.8 Å². The van der Waals surface area contributed by atoms with E-state index in [9.17, 15) is 33.4 Å². The Kier molecular flexibility index (Phi) is 37.5. The van der Waals surface area contributed by atoms with Gasteiger partial charge in [-0.25, -0.2) is 19.9 Å². The molecule has 0 atom stereocenters. The summed E-state index contributed by atoms with van der Waals surface area (Å²) in [6.07, 6.45) is 4.02. The van der Waals surface area contributed by atoms with Crippen LogP contribution in [0.3, 0.4) is 0 Å². The number of ether oxygens (including phenoxy) is 2. The van der Waals surface area contributed by atoms with E-state index in [1.807, 2.05) is 54.6 Å². The first kappa shape index (κ1) is 82.9. The third-order valence-corrected chi connectivity index (χ3v) is 13.2. The predicted molar refractivity (Wildman–Crippen MR) is 364 cm³/mol. The van der Waals surface area contributed by atoms with E-state index < -0.39 is 46.7 Å². The third kappa shape index (κ3) is 27.6. The second-order valence-corrected chi connectivity index (χ2v) is 19.8. The van der Waals surface area contributed by atoms with E-state index >= 15 is 0 Å². The van der Waals surface area contributed by atoms with Crippen LogP contribution in [0.1, 0.15) is 69.8 Å². The molecular weight excluding hydrogens is 1390 g/mol. The third-order valence-electron chi connectivity index (χ3n) is 12.5. The van der Waals surface area contributed by atoms with Crippen molar-refractivity contribution in [1.82, 2.24) is 19.9 Å². The van der Waals surface area contributed by atoms with E-state index in [-0.39, 0.29) is 59.5 Å². The van der Waals surface area contributed by atoms with E-state index in [0.29, 0.717) is 22.1 Å². The van der Waals surface area contributed by atoms with Crippen LogP contribution in [0, 0.1) is 38.1 Å². The summed E-state index contributed by atoms with van der Waals surface area (Å²) in [4.78, 5) is 53.4. The first-order valence-corrected chi connectivity index (χ1v) is 28.0. The topological polar surface area (TPSA) is 309 Å². The van der Waals surface area contributed by atoms with Gasteiger partial charge in [-0.1, -0.05) is 125 Å². The molecule has 2 aliphatic carbocycles. The molecule has 26 heteroatoms. The molecule has 0 spiro atoms. The number of carboxylic acid groups (broad SMARTS) is 2. The molecule has 10 aromatic rings. The molecule has 6 aromatic carbocycles. The van der Waals surface area contributed by atoms with Crippen molar-refractivity contribution in [3.05, 3.63) is 283 Å². The minimum absolute atomic E-state index is 0. The average Bonchev–Trinajstić information content (AvgIpc) is 1.67. The zero-order valence-corrected chi connectivity index (χ0v) is 52.8. The predicted octanol–water partition coefficient (Wildman–Crippen LogP) is 14.4. The smallest absolute Gasteiger partial charge is 0.490 e. The molecule has 0 radical (unpaired) electrons. The number of rotatable bonds is 10.